The highest BCUT2D eigenvalue weighted by atomic mass is 16.3. The first kappa shape index (κ1) is 14.3. The zero-order valence-corrected chi connectivity index (χ0v) is 12.7. The van der Waals surface area contributed by atoms with Gasteiger partial charge >= 0.3 is 0 Å². The first-order chi connectivity index (χ1) is 10.7. The molecule has 0 aromatic carbocycles. The molecule has 2 aliphatic carbocycles. The minimum atomic E-state index is -0.0203. The van der Waals surface area contributed by atoms with Crippen molar-refractivity contribution in [3.63, 3.8) is 0 Å². The smallest absolute Gasteiger partial charge is 0.257 e. The number of likely N-dealkylation sites (tertiary alicyclic amines) is 1. The first-order valence-corrected chi connectivity index (χ1v) is 8.35. The predicted octanol–water partition coefficient (Wildman–Crippen LogP) is 1.71. The Morgan fingerprint density at radius 3 is 2.18 bits per heavy atom. The van der Waals surface area contributed by atoms with E-state index in [1.54, 1.807) is 4.90 Å². The van der Waals surface area contributed by atoms with Gasteiger partial charge in [-0.3, -0.25) is 4.79 Å². The number of hydrogen-bond donors (Lipinski definition) is 2. The molecule has 0 radical (unpaired) electrons. The van der Waals surface area contributed by atoms with Crippen molar-refractivity contribution in [3.05, 3.63) is 23.2 Å². The second-order valence-corrected chi connectivity index (χ2v) is 7.07. The van der Waals surface area contributed by atoms with Crippen LogP contribution in [0.3, 0.4) is 0 Å². The molecule has 1 aromatic heterocycles. The molecule has 3 fully saturated rings. The van der Waals surface area contributed by atoms with Crippen LogP contribution in [0.4, 0.5) is 0 Å². The van der Waals surface area contributed by atoms with Gasteiger partial charge in [-0.25, -0.2) is 0 Å². The van der Waals surface area contributed by atoms with Crippen molar-refractivity contribution < 1.29 is 19.4 Å². The van der Waals surface area contributed by atoms with Crippen molar-refractivity contribution in [1.29, 1.82) is 0 Å². The van der Waals surface area contributed by atoms with Crippen LogP contribution in [-0.2, 0) is 0 Å². The van der Waals surface area contributed by atoms with Crippen LogP contribution in [0.25, 0.3) is 0 Å². The molecule has 22 heavy (non-hydrogen) atoms. The summed E-state index contributed by atoms with van der Waals surface area (Å²) >= 11 is 0. The molecule has 1 aliphatic heterocycles. The molecular weight excluding hydrogens is 282 g/mol. The van der Waals surface area contributed by atoms with Gasteiger partial charge < -0.3 is 19.5 Å². The molecule has 4 rings (SSSR count). The second-order valence-electron chi connectivity index (χ2n) is 7.07. The molecule has 2 N–H and O–H groups in total. The van der Waals surface area contributed by atoms with Crippen LogP contribution in [0.2, 0.25) is 0 Å². The van der Waals surface area contributed by atoms with Gasteiger partial charge in [0.15, 0.2) is 0 Å². The maximum atomic E-state index is 12.9. The lowest BCUT2D eigenvalue weighted by atomic mass is 9.98. The number of rotatable bonds is 5. The van der Waals surface area contributed by atoms with Gasteiger partial charge in [0.25, 0.3) is 5.91 Å². The molecule has 2 heterocycles. The summed E-state index contributed by atoms with van der Waals surface area (Å²) in [6, 6.07) is 1.95. The summed E-state index contributed by atoms with van der Waals surface area (Å²) in [5.41, 5.74) is 0.722. The molecule has 1 aromatic rings. The number of nitrogens with zero attached hydrogens (tertiary/aromatic N) is 1. The number of furan rings is 1. The molecule has 5 heteroatoms. The lowest BCUT2D eigenvalue weighted by Crippen LogP contribution is -2.29. The normalized spacial score (nSPS) is 28.4. The lowest BCUT2D eigenvalue weighted by molar-refractivity contribution is 0.0776. The summed E-state index contributed by atoms with van der Waals surface area (Å²) in [5, 5.41) is 18.8. The minimum Gasteiger partial charge on any atom is -0.465 e. The molecule has 120 valence electrons. The molecule has 0 unspecified atom stereocenters. The average Bonchev–Trinajstić information content (AvgIpc) is 3.47. The van der Waals surface area contributed by atoms with Crippen molar-refractivity contribution in [1.82, 2.24) is 4.90 Å². The van der Waals surface area contributed by atoms with E-state index in [0.717, 1.165) is 42.8 Å². The SMILES string of the molecule is O=C(c1cc(C2CC2)oc1C1CC1)N1C[C@@H](CO)[C@H](CO)C1. The Morgan fingerprint density at radius 1 is 1.09 bits per heavy atom. The summed E-state index contributed by atoms with van der Waals surface area (Å²) in [5.74, 6) is 2.74. The van der Waals surface area contributed by atoms with E-state index in [1.165, 1.54) is 0 Å². The Bertz CT molecular complexity index is 561. The monoisotopic (exact) mass is 305 g/mol. The highest BCUT2D eigenvalue weighted by Crippen LogP contribution is 2.48. The summed E-state index contributed by atoms with van der Waals surface area (Å²) < 4.78 is 6.00. The van der Waals surface area contributed by atoms with Crippen LogP contribution in [0.15, 0.2) is 10.5 Å². The van der Waals surface area contributed by atoms with Crippen LogP contribution in [0, 0.1) is 11.8 Å². The topological polar surface area (TPSA) is 73.9 Å². The fourth-order valence-electron chi connectivity index (χ4n) is 3.50. The highest BCUT2D eigenvalue weighted by molar-refractivity contribution is 5.96. The van der Waals surface area contributed by atoms with Crippen LogP contribution in [0.1, 0.15) is 59.4 Å². The van der Waals surface area contributed by atoms with E-state index in [4.69, 9.17) is 4.42 Å². The Morgan fingerprint density at radius 2 is 1.68 bits per heavy atom. The van der Waals surface area contributed by atoms with Gasteiger partial charge in [-0.15, -0.1) is 0 Å². The number of carbonyl (C=O) groups excluding carboxylic acids is 1. The van der Waals surface area contributed by atoms with Crippen LogP contribution in [-0.4, -0.2) is 47.3 Å². The van der Waals surface area contributed by atoms with E-state index in [-0.39, 0.29) is 31.0 Å². The molecule has 0 bridgehead atoms. The van der Waals surface area contributed by atoms with E-state index in [2.05, 4.69) is 0 Å². The van der Waals surface area contributed by atoms with Crippen LogP contribution in [0.5, 0.6) is 0 Å². The third kappa shape index (κ3) is 2.46. The zero-order valence-electron chi connectivity index (χ0n) is 12.7. The third-order valence-electron chi connectivity index (χ3n) is 5.27. The maximum absolute atomic E-state index is 12.9. The van der Waals surface area contributed by atoms with E-state index >= 15 is 0 Å². The predicted molar refractivity (Wildman–Crippen MR) is 79.7 cm³/mol. The van der Waals surface area contributed by atoms with Crippen molar-refractivity contribution in [2.75, 3.05) is 26.3 Å². The number of aliphatic hydroxyl groups is 2. The first-order valence-electron chi connectivity index (χ1n) is 8.35. The third-order valence-corrected chi connectivity index (χ3v) is 5.27. The van der Waals surface area contributed by atoms with Crippen LogP contribution < -0.4 is 0 Å². The number of aliphatic hydroxyl groups excluding tert-OH is 2. The molecule has 3 aliphatic rings. The van der Waals surface area contributed by atoms with Gasteiger partial charge in [0.1, 0.15) is 11.5 Å². The van der Waals surface area contributed by atoms with E-state index < -0.39 is 0 Å². The van der Waals surface area contributed by atoms with Crippen molar-refractivity contribution in [2.24, 2.45) is 11.8 Å². The molecule has 5 nitrogen and oxygen atoms in total. The molecule has 2 saturated carbocycles. The van der Waals surface area contributed by atoms with Crippen molar-refractivity contribution in [3.8, 4) is 0 Å². The maximum Gasteiger partial charge on any atom is 0.257 e. The fourth-order valence-corrected chi connectivity index (χ4v) is 3.50. The molecule has 1 amide bonds. The van der Waals surface area contributed by atoms with E-state index in [0.29, 0.717) is 24.9 Å². The Hall–Kier alpha value is -1.33. The van der Waals surface area contributed by atoms with Gasteiger partial charge in [-0.1, -0.05) is 0 Å². The van der Waals surface area contributed by atoms with E-state index in [1.807, 2.05) is 6.07 Å². The largest absolute Gasteiger partial charge is 0.465 e. The highest BCUT2D eigenvalue weighted by Gasteiger charge is 2.40. The number of amides is 1. The quantitative estimate of drug-likeness (QED) is 0.868. The van der Waals surface area contributed by atoms with Gasteiger partial charge in [-0.05, 0) is 31.7 Å². The average molecular weight is 305 g/mol. The Labute approximate surface area is 129 Å². The summed E-state index contributed by atoms with van der Waals surface area (Å²) in [6.45, 7) is 1.08. The Balaban J connectivity index is 1.57. The molecule has 2 atom stereocenters. The standard InChI is InChI=1S/C17H23NO4/c19-8-12-6-18(7-13(12)9-20)17(21)14-5-15(10-1-2-10)22-16(14)11-3-4-11/h5,10-13,19-20H,1-4,6-9H2/t12-,13-/m0/s1. The summed E-state index contributed by atoms with van der Waals surface area (Å²) in [7, 11) is 0. The van der Waals surface area contributed by atoms with Crippen molar-refractivity contribution >= 4 is 5.91 Å². The van der Waals surface area contributed by atoms with E-state index in [9.17, 15) is 15.0 Å². The zero-order chi connectivity index (χ0) is 15.3. The summed E-state index contributed by atoms with van der Waals surface area (Å²) in [6.07, 6.45) is 4.54. The second kappa shape index (κ2) is 5.39. The van der Waals surface area contributed by atoms with Gasteiger partial charge in [0.2, 0.25) is 0 Å². The van der Waals surface area contributed by atoms with Gasteiger partial charge in [-0.2, -0.15) is 0 Å². The lowest BCUT2D eigenvalue weighted by Gasteiger charge is -2.16. The fraction of sp³-hybridized carbons (Fsp3) is 0.706. The molecular formula is C17H23NO4. The molecule has 1 saturated heterocycles. The number of carbonyl (C=O) groups is 1. The van der Waals surface area contributed by atoms with Crippen LogP contribution >= 0.6 is 0 Å². The van der Waals surface area contributed by atoms with Gasteiger partial charge in [0.05, 0.1) is 5.56 Å². The van der Waals surface area contributed by atoms with Crippen molar-refractivity contribution in [2.45, 2.75) is 37.5 Å². The minimum absolute atomic E-state index is 0.00644. The molecule has 0 spiro atoms. The Kier molecular flexibility index (Phi) is 3.50. The van der Waals surface area contributed by atoms with Gasteiger partial charge in [0, 0.05) is 50.0 Å². The summed E-state index contributed by atoms with van der Waals surface area (Å²) in [4.78, 5) is 14.7. The number of hydrogen-bond acceptors (Lipinski definition) is 4.